The van der Waals surface area contributed by atoms with Gasteiger partial charge >= 0.3 is 0 Å². The molecule has 4 nitrogen and oxygen atoms in total. The predicted octanol–water partition coefficient (Wildman–Crippen LogP) is 3.65. The Labute approximate surface area is 123 Å². The molecule has 3 rings (SSSR count). The zero-order valence-corrected chi connectivity index (χ0v) is 11.5. The normalized spacial score (nSPS) is 13.7. The molecular formula is C17H15NO3. The highest BCUT2D eigenvalue weighted by molar-refractivity contribution is 5.86. The molecule has 1 aliphatic rings. The fourth-order valence-electron chi connectivity index (χ4n) is 2.08. The third-order valence-electron chi connectivity index (χ3n) is 3.25. The van der Waals surface area contributed by atoms with Crippen molar-refractivity contribution < 1.29 is 14.6 Å². The van der Waals surface area contributed by atoms with Crippen LogP contribution in [0.2, 0.25) is 0 Å². The number of aliphatic imine (C=N–C) groups is 1. The van der Waals surface area contributed by atoms with E-state index in [2.05, 4.69) is 11.6 Å². The number of ether oxygens (including phenoxy) is 2. The van der Waals surface area contributed by atoms with E-state index in [1.165, 1.54) is 0 Å². The van der Waals surface area contributed by atoms with E-state index in [1.807, 2.05) is 24.3 Å². The van der Waals surface area contributed by atoms with E-state index in [-0.39, 0.29) is 12.5 Å². The molecule has 0 spiro atoms. The van der Waals surface area contributed by atoms with Crippen LogP contribution in [0, 0.1) is 0 Å². The van der Waals surface area contributed by atoms with Crippen molar-refractivity contribution in [2.24, 2.45) is 4.99 Å². The first-order chi connectivity index (χ1) is 10.3. The molecule has 2 aromatic rings. The fraction of sp³-hybridized carbons (Fsp3) is 0.118. The molecule has 2 aromatic carbocycles. The summed E-state index contributed by atoms with van der Waals surface area (Å²) in [6, 6.07) is 10.9. The van der Waals surface area contributed by atoms with Crippen LogP contribution in [-0.2, 0) is 11.3 Å². The molecule has 0 fully saturated rings. The van der Waals surface area contributed by atoms with E-state index in [9.17, 15) is 5.11 Å². The van der Waals surface area contributed by atoms with Crippen molar-refractivity contribution in [3.8, 4) is 11.5 Å². The van der Waals surface area contributed by atoms with Crippen molar-refractivity contribution in [1.82, 2.24) is 0 Å². The van der Waals surface area contributed by atoms with E-state index in [4.69, 9.17) is 9.47 Å². The van der Waals surface area contributed by atoms with Crippen molar-refractivity contribution in [3.63, 3.8) is 0 Å². The molecule has 0 unspecified atom stereocenters. The molecule has 0 aliphatic carbocycles. The maximum Gasteiger partial charge on any atom is 0.189 e. The minimum absolute atomic E-state index is 0.187. The number of nitrogens with zero attached hydrogens (tertiary/aromatic N) is 1. The van der Waals surface area contributed by atoms with Crippen LogP contribution in [0.15, 0.2) is 48.0 Å². The summed E-state index contributed by atoms with van der Waals surface area (Å²) in [6.07, 6.45) is 3.35. The first-order valence-electron chi connectivity index (χ1n) is 6.59. The SMILES string of the molecule is C=Cc1ccc(O)c(C=Nc2ccc3c(c2)OCOC3)c1. The maximum atomic E-state index is 9.83. The Kier molecular flexibility index (Phi) is 3.71. The smallest absolute Gasteiger partial charge is 0.189 e. The van der Waals surface area contributed by atoms with E-state index in [0.29, 0.717) is 12.2 Å². The summed E-state index contributed by atoms with van der Waals surface area (Å²) in [5.74, 6) is 0.979. The Morgan fingerprint density at radius 1 is 1.19 bits per heavy atom. The monoisotopic (exact) mass is 281 g/mol. The standard InChI is InChI=1S/C17H15NO3/c1-2-12-3-6-16(19)14(7-12)9-18-15-5-4-13-10-20-11-21-17(13)8-15/h2-9,19H,1,10-11H2. The van der Waals surface area contributed by atoms with Crippen LogP contribution < -0.4 is 4.74 Å². The van der Waals surface area contributed by atoms with Gasteiger partial charge in [0, 0.05) is 23.4 Å². The van der Waals surface area contributed by atoms with Gasteiger partial charge < -0.3 is 14.6 Å². The minimum atomic E-state index is 0.187. The number of rotatable bonds is 3. The van der Waals surface area contributed by atoms with Crippen molar-refractivity contribution in [2.75, 3.05) is 6.79 Å². The number of aromatic hydroxyl groups is 1. The van der Waals surface area contributed by atoms with Crippen LogP contribution in [0.4, 0.5) is 5.69 Å². The number of fused-ring (bicyclic) bond motifs is 1. The molecule has 1 heterocycles. The third-order valence-corrected chi connectivity index (χ3v) is 3.25. The van der Waals surface area contributed by atoms with Crippen LogP contribution in [0.25, 0.3) is 6.08 Å². The molecule has 0 saturated heterocycles. The molecule has 0 amide bonds. The Morgan fingerprint density at radius 3 is 2.95 bits per heavy atom. The second kappa shape index (κ2) is 5.81. The average Bonchev–Trinajstić information content (AvgIpc) is 2.54. The topological polar surface area (TPSA) is 51.1 Å². The average molecular weight is 281 g/mol. The summed E-state index contributed by atoms with van der Waals surface area (Å²) in [4.78, 5) is 4.38. The summed E-state index contributed by atoms with van der Waals surface area (Å²) in [6.45, 7) is 4.54. The minimum Gasteiger partial charge on any atom is -0.507 e. The molecule has 0 saturated carbocycles. The van der Waals surface area contributed by atoms with Crippen molar-refractivity contribution in [1.29, 1.82) is 0 Å². The third kappa shape index (κ3) is 2.95. The van der Waals surface area contributed by atoms with Crippen LogP contribution in [0.1, 0.15) is 16.7 Å². The molecular weight excluding hydrogens is 266 g/mol. The van der Waals surface area contributed by atoms with Crippen LogP contribution in [-0.4, -0.2) is 18.1 Å². The van der Waals surface area contributed by atoms with Gasteiger partial charge in [0.2, 0.25) is 0 Å². The lowest BCUT2D eigenvalue weighted by molar-refractivity contribution is -0.0163. The molecule has 106 valence electrons. The van der Waals surface area contributed by atoms with Gasteiger partial charge in [0.15, 0.2) is 6.79 Å². The molecule has 1 N–H and O–H groups in total. The number of phenols is 1. The lowest BCUT2D eigenvalue weighted by atomic mass is 10.1. The maximum absolute atomic E-state index is 9.83. The molecule has 1 aliphatic heterocycles. The van der Waals surface area contributed by atoms with Gasteiger partial charge in [-0.1, -0.05) is 24.8 Å². The van der Waals surface area contributed by atoms with Gasteiger partial charge in [-0.25, -0.2) is 0 Å². The van der Waals surface area contributed by atoms with Crippen molar-refractivity contribution in [2.45, 2.75) is 6.61 Å². The lowest BCUT2D eigenvalue weighted by Crippen LogP contribution is -2.10. The Morgan fingerprint density at radius 2 is 2.10 bits per heavy atom. The second-order valence-electron chi connectivity index (χ2n) is 4.68. The van der Waals surface area contributed by atoms with Gasteiger partial charge in [-0.2, -0.15) is 0 Å². The Hall–Kier alpha value is -2.59. The largest absolute Gasteiger partial charge is 0.507 e. The quantitative estimate of drug-likeness (QED) is 0.874. The van der Waals surface area contributed by atoms with Gasteiger partial charge in [0.25, 0.3) is 0 Å². The Balaban J connectivity index is 1.87. The highest BCUT2D eigenvalue weighted by atomic mass is 16.7. The van der Waals surface area contributed by atoms with Gasteiger partial charge in [0.05, 0.1) is 12.3 Å². The second-order valence-corrected chi connectivity index (χ2v) is 4.68. The van der Waals surface area contributed by atoms with Gasteiger partial charge in [-0.3, -0.25) is 4.99 Å². The van der Waals surface area contributed by atoms with E-state index in [1.54, 1.807) is 24.4 Å². The highest BCUT2D eigenvalue weighted by Gasteiger charge is 2.10. The van der Waals surface area contributed by atoms with E-state index in [0.717, 1.165) is 22.6 Å². The number of hydrogen-bond donors (Lipinski definition) is 1. The fourth-order valence-corrected chi connectivity index (χ4v) is 2.08. The zero-order valence-electron chi connectivity index (χ0n) is 11.5. The first-order valence-corrected chi connectivity index (χ1v) is 6.59. The summed E-state index contributed by atoms with van der Waals surface area (Å²) >= 11 is 0. The first kappa shape index (κ1) is 13.4. The van der Waals surface area contributed by atoms with E-state index < -0.39 is 0 Å². The molecule has 0 radical (unpaired) electrons. The summed E-state index contributed by atoms with van der Waals surface area (Å²) < 4.78 is 10.6. The number of benzene rings is 2. The summed E-state index contributed by atoms with van der Waals surface area (Å²) in [5.41, 5.74) is 3.35. The number of phenolic OH excluding ortho intramolecular Hbond substituents is 1. The van der Waals surface area contributed by atoms with Gasteiger partial charge in [-0.05, 0) is 23.8 Å². The van der Waals surface area contributed by atoms with Crippen LogP contribution in [0.3, 0.4) is 0 Å². The zero-order chi connectivity index (χ0) is 14.7. The van der Waals surface area contributed by atoms with Crippen molar-refractivity contribution in [3.05, 3.63) is 59.7 Å². The lowest BCUT2D eigenvalue weighted by Gasteiger charge is -2.17. The molecule has 21 heavy (non-hydrogen) atoms. The van der Waals surface area contributed by atoms with E-state index >= 15 is 0 Å². The predicted molar refractivity (Wildman–Crippen MR) is 82.2 cm³/mol. The van der Waals surface area contributed by atoms with Crippen molar-refractivity contribution >= 4 is 18.0 Å². The Bertz CT molecular complexity index is 707. The van der Waals surface area contributed by atoms with Gasteiger partial charge in [0.1, 0.15) is 11.5 Å². The molecule has 0 aromatic heterocycles. The van der Waals surface area contributed by atoms with Crippen LogP contribution in [0.5, 0.6) is 11.5 Å². The number of hydrogen-bond acceptors (Lipinski definition) is 4. The molecule has 0 atom stereocenters. The van der Waals surface area contributed by atoms with Crippen LogP contribution >= 0.6 is 0 Å². The van der Waals surface area contributed by atoms with Gasteiger partial charge in [-0.15, -0.1) is 0 Å². The summed E-state index contributed by atoms with van der Waals surface area (Å²) in [7, 11) is 0. The molecule has 4 heteroatoms. The highest BCUT2D eigenvalue weighted by Crippen LogP contribution is 2.28. The summed E-state index contributed by atoms with van der Waals surface area (Å²) in [5, 5.41) is 9.83. The molecule has 0 bridgehead atoms.